The molecule has 2 aliphatic heterocycles. The van der Waals surface area contributed by atoms with E-state index in [4.69, 9.17) is 21.6 Å². The van der Waals surface area contributed by atoms with Gasteiger partial charge in [0.05, 0.1) is 5.02 Å². The van der Waals surface area contributed by atoms with Crippen LogP contribution in [-0.2, 0) is 0 Å². The van der Waals surface area contributed by atoms with Crippen molar-refractivity contribution in [2.45, 2.75) is 25.7 Å². The highest BCUT2D eigenvalue weighted by Gasteiger charge is 2.25. The molecule has 2 aromatic rings. The fraction of sp³-hybridized carbons (Fsp3) is 0.545. The standard InChI is InChI=1S/C22H28ClFN4O2/c23-18-9-17(5-6-19(18)24)22-25-20(27-7-1-3-15(11-27)13-29)10-21(26-22)28-8-2-4-16(12-28)14-30/h5-6,9-10,15-16,29-30H,1-4,7-8,11-14H2. The Balaban J connectivity index is 1.72. The van der Waals surface area contributed by atoms with Gasteiger partial charge in [-0.15, -0.1) is 0 Å². The Morgan fingerprint density at radius 1 is 0.933 bits per heavy atom. The van der Waals surface area contributed by atoms with Crippen LogP contribution >= 0.6 is 11.6 Å². The van der Waals surface area contributed by atoms with Crippen molar-refractivity contribution in [3.63, 3.8) is 0 Å². The molecule has 2 saturated heterocycles. The Kier molecular flexibility index (Phi) is 6.71. The molecule has 0 saturated carbocycles. The predicted octanol–water partition coefficient (Wildman–Crippen LogP) is 3.35. The molecule has 1 aromatic heterocycles. The van der Waals surface area contributed by atoms with Gasteiger partial charge in [0.15, 0.2) is 5.82 Å². The zero-order valence-electron chi connectivity index (χ0n) is 17.0. The van der Waals surface area contributed by atoms with Crippen LogP contribution in [0.15, 0.2) is 24.3 Å². The van der Waals surface area contributed by atoms with Gasteiger partial charge in [-0.1, -0.05) is 11.6 Å². The number of aliphatic hydroxyl groups excluding tert-OH is 2. The molecule has 30 heavy (non-hydrogen) atoms. The van der Waals surface area contributed by atoms with Crippen molar-refractivity contribution in [2.75, 3.05) is 49.2 Å². The predicted molar refractivity (Wildman–Crippen MR) is 116 cm³/mol. The van der Waals surface area contributed by atoms with Crippen LogP contribution in [0.4, 0.5) is 16.0 Å². The average Bonchev–Trinajstić information content (AvgIpc) is 2.80. The maximum absolute atomic E-state index is 13.7. The summed E-state index contributed by atoms with van der Waals surface area (Å²) in [6.45, 7) is 3.57. The number of aliphatic hydroxyl groups is 2. The van der Waals surface area contributed by atoms with Crippen molar-refractivity contribution in [3.05, 3.63) is 35.1 Å². The Labute approximate surface area is 181 Å². The number of hydrogen-bond donors (Lipinski definition) is 2. The minimum Gasteiger partial charge on any atom is -0.396 e. The molecule has 4 rings (SSSR count). The van der Waals surface area contributed by atoms with Crippen molar-refractivity contribution in [1.29, 1.82) is 0 Å². The van der Waals surface area contributed by atoms with Gasteiger partial charge in [-0.25, -0.2) is 14.4 Å². The van der Waals surface area contributed by atoms with Gasteiger partial charge in [0.25, 0.3) is 0 Å². The van der Waals surface area contributed by atoms with E-state index in [1.54, 1.807) is 12.1 Å². The molecule has 3 heterocycles. The van der Waals surface area contributed by atoms with Crippen molar-refractivity contribution in [1.82, 2.24) is 9.97 Å². The molecule has 0 spiro atoms. The highest BCUT2D eigenvalue weighted by atomic mass is 35.5. The van der Waals surface area contributed by atoms with Gasteiger partial charge in [0.2, 0.25) is 0 Å². The minimum atomic E-state index is -0.472. The quantitative estimate of drug-likeness (QED) is 0.751. The van der Waals surface area contributed by atoms with Crippen LogP contribution in [0.3, 0.4) is 0 Å². The number of nitrogens with zero attached hydrogens (tertiary/aromatic N) is 4. The second-order valence-corrected chi connectivity index (χ2v) is 8.72. The first-order chi connectivity index (χ1) is 14.6. The monoisotopic (exact) mass is 434 g/mol. The van der Waals surface area contributed by atoms with Gasteiger partial charge >= 0.3 is 0 Å². The summed E-state index contributed by atoms with van der Waals surface area (Å²) in [4.78, 5) is 13.9. The Bertz CT molecular complexity index is 842. The van der Waals surface area contributed by atoms with Crippen LogP contribution in [0.1, 0.15) is 25.7 Å². The van der Waals surface area contributed by atoms with Crippen LogP contribution in [0.25, 0.3) is 11.4 Å². The molecule has 2 atom stereocenters. The summed E-state index contributed by atoms with van der Waals surface area (Å²) >= 11 is 6.01. The van der Waals surface area contributed by atoms with E-state index >= 15 is 0 Å². The molecule has 0 aliphatic carbocycles. The molecule has 2 fully saturated rings. The average molecular weight is 435 g/mol. The second-order valence-electron chi connectivity index (χ2n) is 8.31. The molecular weight excluding hydrogens is 407 g/mol. The van der Waals surface area contributed by atoms with Gasteiger partial charge in [-0.05, 0) is 55.7 Å². The number of halogens is 2. The molecule has 0 radical (unpaired) electrons. The van der Waals surface area contributed by atoms with Gasteiger partial charge in [-0.3, -0.25) is 0 Å². The Morgan fingerprint density at radius 2 is 1.50 bits per heavy atom. The van der Waals surface area contributed by atoms with Gasteiger partial charge < -0.3 is 20.0 Å². The molecule has 6 nitrogen and oxygen atoms in total. The van der Waals surface area contributed by atoms with E-state index in [0.717, 1.165) is 63.5 Å². The molecule has 162 valence electrons. The Hall–Kier alpha value is -1.96. The largest absolute Gasteiger partial charge is 0.396 e. The number of aromatic nitrogens is 2. The molecular formula is C22H28ClFN4O2. The first-order valence-electron chi connectivity index (χ1n) is 10.6. The van der Waals surface area contributed by atoms with Crippen molar-refractivity contribution in [3.8, 4) is 11.4 Å². The zero-order chi connectivity index (χ0) is 21.1. The van der Waals surface area contributed by atoms with Crippen LogP contribution in [0.5, 0.6) is 0 Å². The summed E-state index contributed by atoms with van der Waals surface area (Å²) in [5.74, 6) is 2.10. The lowest BCUT2D eigenvalue weighted by atomic mass is 9.98. The maximum atomic E-state index is 13.7. The lowest BCUT2D eigenvalue weighted by Gasteiger charge is -2.35. The number of rotatable bonds is 5. The van der Waals surface area contributed by atoms with E-state index in [0.29, 0.717) is 11.4 Å². The second kappa shape index (κ2) is 9.45. The first kappa shape index (κ1) is 21.3. The number of benzene rings is 1. The molecule has 1 aromatic carbocycles. The third-order valence-corrected chi connectivity index (χ3v) is 6.37. The minimum absolute atomic E-state index is 0.0414. The SMILES string of the molecule is OCC1CCCN(c2cc(N3CCCC(CO)C3)nc(-c3ccc(F)c(Cl)c3)n2)C1. The summed E-state index contributed by atoms with van der Waals surface area (Å²) in [5, 5.41) is 19.3. The molecule has 2 unspecified atom stereocenters. The van der Waals surface area contributed by atoms with E-state index in [1.165, 1.54) is 6.07 Å². The third-order valence-electron chi connectivity index (χ3n) is 6.08. The molecule has 2 aliphatic rings. The van der Waals surface area contributed by atoms with Crippen LogP contribution < -0.4 is 9.80 Å². The smallest absolute Gasteiger partial charge is 0.163 e. The molecule has 0 amide bonds. The summed E-state index contributed by atoms with van der Waals surface area (Å²) in [7, 11) is 0. The van der Waals surface area contributed by atoms with Crippen molar-refractivity contribution in [2.24, 2.45) is 11.8 Å². The van der Waals surface area contributed by atoms with Crippen LogP contribution in [-0.4, -0.2) is 59.6 Å². The van der Waals surface area contributed by atoms with Gasteiger partial charge in [0.1, 0.15) is 17.5 Å². The number of piperidine rings is 2. The van der Waals surface area contributed by atoms with E-state index < -0.39 is 5.82 Å². The highest BCUT2D eigenvalue weighted by molar-refractivity contribution is 6.31. The van der Waals surface area contributed by atoms with Crippen LogP contribution in [0, 0.1) is 17.7 Å². The number of hydrogen-bond acceptors (Lipinski definition) is 6. The fourth-order valence-corrected chi connectivity index (χ4v) is 4.54. The lowest BCUT2D eigenvalue weighted by Crippen LogP contribution is -2.39. The van der Waals surface area contributed by atoms with Gasteiger partial charge in [-0.2, -0.15) is 0 Å². The van der Waals surface area contributed by atoms with E-state index in [1.807, 2.05) is 6.07 Å². The maximum Gasteiger partial charge on any atom is 0.163 e. The normalized spacial score (nSPS) is 22.4. The first-order valence-corrected chi connectivity index (χ1v) is 11.0. The fourth-order valence-electron chi connectivity index (χ4n) is 4.35. The lowest BCUT2D eigenvalue weighted by molar-refractivity contribution is 0.208. The summed E-state index contributed by atoms with van der Waals surface area (Å²) in [5.41, 5.74) is 0.663. The Morgan fingerprint density at radius 3 is 2.00 bits per heavy atom. The number of anilines is 2. The van der Waals surface area contributed by atoms with Gasteiger partial charge in [0, 0.05) is 51.0 Å². The van der Waals surface area contributed by atoms with E-state index in [-0.39, 0.29) is 30.1 Å². The molecule has 0 bridgehead atoms. The summed E-state index contributed by atoms with van der Waals surface area (Å²) in [6.07, 6.45) is 4.02. The summed E-state index contributed by atoms with van der Waals surface area (Å²) < 4.78 is 13.7. The highest BCUT2D eigenvalue weighted by Crippen LogP contribution is 2.31. The molecule has 8 heteroatoms. The summed E-state index contributed by atoms with van der Waals surface area (Å²) in [6, 6.07) is 6.52. The van der Waals surface area contributed by atoms with Crippen molar-refractivity contribution >= 4 is 23.2 Å². The topological polar surface area (TPSA) is 72.7 Å². The zero-order valence-corrected chi connectivity index (χ0v) is 17.7. The van der Waals surface area contributed by atoms with Crippen LogP contribution in [0.2, 0.25) is 5.02 Å². The van der Waals surface area contributed by atoms with E-state index in [9.17, 15) is 14.6 Å². The third kappa shape index (κ3) is 4.68. The van der Waals surface area contributed by atoms with Crippen molar-refractivity contribution < 1.29 is 14.6 Å². The van der Waals surface area contributed by atoms with E-state index in [2.05, 4.69) is 9.80 Å². The molecule has 2 N–H and O–H groups in total.